The highest BCUT2D eigenvalue weighted by Gasteiger charge is 2.40. The Labute approximate surface area is 238 Å². The van der Waals surface area contributed by atoms with Crippen LogP contribution in [-0.2, 0) is 14.3 Å². The monoisotopic (exact) mass is 557 g/mol. The van der Waals surface area contributed by atoms with Gasteiger partial charge in [-0.3, -0.25) is 9.59 Å². The first-order valence-corrected chi connectivity index (χ1v) is 13.9. The zero-order valence-corrected chi connectivity index (χ0v) is 25.7. The lowest BCUT2D eigenvalue weighted by Crippen LogP contribution is -2.56. The molecule has 3 unspecified atom stereocenters. The van der Waals surface area contributed by atoms with Gasteiger partial charge in [0.05, 0.1) is 10.7 Å². The Balaban J connectivity index is 2.63. The molecule has 0 aliphatic heterocycles. The number of alkyl carbamates (subject to hydrolysis) is 1. The van der Waals surface area contributed by atoms with E-state index in [1.165, 1.54) is 0 Å². The smallest absolute Gasteiger partial charge is 0.408 e. The van der Waals surface area contributed by atoms with Crippen LogP contribution < -0.4 is 10.6 Å². The van der Waals surface area contributed by atoms with Gasteiger partial charge in [0.2, 0.25) is 5.91 Å². The van der Waals surface area contributed by atoms with Crippen molar-refractivity contribution < 1.29 is 19.1 Å². The van der Waals surface area contributed by atoms with Crippen molar-refractivity contribution in [2.45, 2.75) is 99.4 Å². The van der Waals surface area contributed by atoms with E-state index < -0.39 is 23.8 Å². The molecular weight excluding hydrogens is 514 g/mol. The molecule has 0 radical (unpaired) electrons. The molecule has 0 saturated carbocycles. The van der Waals surface area contributed by atoms with E-state index in [1.54, 1.807) is 31.7 Å². The molecule has 8 heteroatoms. The van der Waals surface area contributed by atoms with Gasteiger partial charge in [-0.2, -0.15) is 0 Å². The van der Waals surface area contributed by atoms with Gasteiger partial charge in [0.15, 0.2) is 0 Å². The summed E-state index contributed by atoms with van der Waals surface area (Å²) in [7, 11) is 0. The first-order chi connectivity index (χ1) is 18.1. The highest BCUT2D eigenvalue weighted by molar-refractivity contribution is 6.34. The van der Waals surface area contributed by atoms with Crippen LogP contribution in [0.4, 0.5) is 10.5 Å². The maximum atomic E-state index is 14.3. The molecule has 0 aliphatic rings. The molecule has 39 heavy (non-hydrogen) atoms. The SMILES string of the molecule is CCC(C)C(NC(=O)OC(C)(C)C)C(=O)N(C(C)C)C(C(=O)Nc1c(C)cccc1Cl)c1ccc(C)cc1C. The number of para-hydroxylation sites is 1. The van der Waals surface area contributed by atoms with Gasteiger partial charge >= 0.3 is 6.09 Å². The second kappa shape index (κ2) is 13.3. The topological polar surface area (TPSA) is 87.7 Å². The van der Waals surface area contributed by atoms with Crippen molar-refractivity contribution in [1.29, 1.82) is 0 Å². The third-order valence-electron chi connectivity index (χ3n) is 6.68. The summed E-state index contributed by atoms with van der Waals surface area (Å²) in [6.45, 7) is 18.7. The summed E-state index contributed by atoms with van der Waals surface area (Å²) in [5.74, 6) is -0.957. The van der Waals surface area contributed by atoms with Crippen molar-refractivity contribution in [2.24, 2.45) is 5.92 Å². The van der Waals surface area contributed by atoms with Gasteiger partial charge in [-0.25, -0.2) is 4.79 Å². The number of benzene rings is 2. The van der Waals surface area contributed by atoms with E-state index in [4.69, 9.17) is 16.3 Å². The number of rotatable bonds is 9. The van der Waals surface area contributed by atoms with Crippen LogP contribution in [0.15, 0.2) is 36.4 Å². The number of carbonyl (C=O) groups excluding carboxylic acids is 3. The molecule has 2 aromatic carbocycles. The van der Waals surface area contributed by atoms with Crippen LogP contribution in [0.2, 0.25) is 5.02 Å². The van der Waals surface area contributed by atoms with Gasteiger partial charge in [0, 0.05) is 6.04 Å². The van der Waals surface area contributed by atoms with Gasteiger partial charge in [-0.15, -0.1) is 0 Å². The Hall–Kier alpha value is -3.06. The number of nitrogens with zero attached hydrogens (tertiary/aromatic N) is 1. The van der Waals surface area contributed by atoms with Crippen molar-refractivity contribution in [3.63, 3.8) is 0 Å². The van der Waals surface area contributed by atoms with Crippen molar-refractivity contribution in [2.75, 3.05) is 5.32 Å². The van der Waals surface area contributed by atoms with Crippen molar-refractivity contribution >= 4 is 35.2 Å². The van der Waals surface area contributed by atoms with Crippen LogP contribution in [0.1, 0.15) is 83.2 Å². The minimum Gasteiger partial charge on any atom is -0.444 e. The lowest BCUT2D eigenvalue weighted by atomic mass is 9.92. The molecule has 0 spiro atoms. The summed E-state index contributed by atoms with van der Waals surface area (Å²) in [4.78, 5) is 42.8. The van der Waals surface area contributed by atoms with Crippen LogP contribution in [0.25, 0.3) is 0 Å². The average molecular weight is 558 g/mol. The number of halogens is 1. The Bertz CT molecular complexity index is 1170. The minimum absolute atomic E-state index is 0.208. The number of anilines is 1. The number of aryl methyl sites for hydroxylation is 3. The third kappa shape index (κ3) is 8.46. The number of ether oxygens (including phenoxy) is 1. The van der Waals surface area contributed by atoms with Crippen LogP contribution in [0.5, 0.6) is 0 Å². The molecule has 214 valence electrons. The molecular formula is C31H44ClN3O4. The summed E-state index contributed by atoms with van der Waals surface area (Å²) < 4.78 is 5.47. The first-order valence-electron chi connectivity index (χ1n) is 13.5. The van der Waals surface area contributed by atoms with Gasteiger partial charge < -0.3 is 20.3 Å². The molecule has 0 saturated heterocycles. The summed E-state index contributed by atoms with van der Waals surface area (Å²) in [6.07, 6.45) is -0.0405. The quantitative estimate of drug-likeness (QED) is 0.343. The predicted octanol–water partition coefficient (Wildman–Crippen LogP) is 7.12. The molecule has 0 aromatic heterocycles. The number of nitrogens with one attached hydrogen (secondary N) is 2. The van der Waals surface area contributed by atoms with Gasteiger partial charge in [0.1, 0.15) is 17.7 Å². The molecule has 0 bridgehead atoms. The highest BCUT2D eigenvalue weighted by Crippen LogP contribution is 2.32. The highest BCUT2D eigenvalue weighted by atomic mass is 35.5. The fourth-order valence-corrected chi connectivity index (χ4v) is 4.76. The Kier molecular flexibility index (Phi) is 11.0. The van der Waals surface area contributed by atoms with E-state index in [1.807, 2.05) is 78.8 Å². The third-order valence-corrected chi connectivity index (χ3v) is 6.99. The van der Waals surface area contributed by atoms with Crippen LogP contribution >= 0.6 is 11.6 Å². The lowest BCUT2D eigenvalue weighted by Gasteiger charge is -2.39. The molecule has 2 N–H and O–H groups in total. The molecule has 3 atom stereocenters. The molecule has 3 amide bonds. The van der Waals surface area contributed by atoms with E-state index in [-0.39, 0.29) is 23.8 Å². The molecule has 0 aliphatic carbocycles. The lowest BCUT2D eigenvalue weighted by molar-refractivity contribution is -0.144. The first kappa shape index (κ1) is 32.2. The second-order valence-electron chi connectivity index (χ2n) is 11.5. The largest absolute Gasteiger partial charge is 0.444 e. The zero-order chi connectivity index (χ0) is 29.7. The van der Waals surface area contributed by atoms with Gasteiger partial charge in [-0.1, -0.05) is 67.8 Å². The minimum atomic E-state index is -0.972. The van der Waals surface area contributed by atoms with E-state index in [9.17, 15) is 14.4 Å². The summed E-state index contributed by atoms with van der Waals surface area (Å²) >= 11 is 6.45. The van der Waals surface area contributed by atoms with Crippen molar-refractivity contribution in [3.8, 4) is 0 Å². The number of hydrogen-bond donors (Lipinski definition) is 2. The maximum Gasteiger partial charge on any atom is 0.408 e. The standard InChI is InChI=1S/C31H44ClN3O4/c1-11-20(5)26(34-30(38)39-31(8,9)10)29(37)35(18(2)3)27(23-16-15-19(4)17-22(23)7)28(36)33-25-21(6)13-12-14-24(25)32/h12-18,20,26-27H,11H2,1-10H3,(H,33,36)(H,34,38). The number of hydrogen-bond acceptors (Lipinski definition) is 4. The van der Waals surface area contributed by atoms with E-state index in [2.05, 4.69) is 10.6 Å². The second-order valence-corrected chi connectivity index (χ2v) is 11.9. The van der Waals surface area contributed by atoms with Crippen molar-refractivity contribution in [1.82, 2.24) is 10.2 Å². The number of amides is 3. The Morgan fingerprint density at radius 1 is 1.00 bits per heavy atom. The fraction of sp³-hybridized carbons (Fsp3) is 0.516. The van der Waals surface area contributed by atoms with Crippen molar-refractivity contribution in [3.05, 3.63) is 63.7 Å². The summed E-state index contributed by atoms with van der Waals surface area (Å²) in [5, 5.41) is 6.19. The summed E-state index contributed by atoms with van der Waals surface area (Å²) in [5.41, 5.74) is 3.21. The maximum absolute atomic E-state index is 14.3. The molecule has 2 rings (SSSR count). The molecule has 0 fully saturated rings. The van der Waals surface area contributed by atoms with E-state index >= 15 is 0 Å². The van der Waals surface area contributed by atoms with Crippen LogP contribution in [-0.4, -0.2) is 40.5 Å². The van der Waals surface area contributed by atoms with E-state index in [0.29, 0.717) is 22.7 Å². The fourth-order valence-electron chi connectivity index (χ4n) is 4.49. The summed E-state index contributed by atoms with van der Waals surface area (Å²) in [6, 6.07) is 8.97. The molecule has 7 nitrogen and oxygen atoms in total. The van der Waals surface area contributed by atoms with Gasteiger partial charge in [0.25, 0.3) is 5.91 Å². The van der Waals surface area contributed by atoms with E-state index in [0.717, 1.165) is 16.7 Å². The zero-order valence-electron chi connectivity index (χ0n) is 24.9. The normalized spacial score (nSPS) is 13.8. The Morgan fingerprint density at radius 3 is 2.15 bits per heavy atom. The van der Waals surface area contributed by atoms with Crippen LogP contribution in [0, 0.1) is 26.7 Å². The molecule has 2 aromatic rings. The Morgan fingerprint density at radius 2 is 1.64 bits per heavy atom. The molecule has 0 heterocycles. The number of carbonyl (C=O) groups is 3. The predicted molar refractivity (Wildman–Crippen MR) is 158 cm³/mol. The van der Waals surface area contributed by atoms with Crippen LogP contribution in [0.3, 0.4) is 0 Å². The van der Waals surface area contributed by atoms with Gasteiger partial charge in [-0.05, 0) is 84.1 Å². The average Bonchev–Trinajstić information content (AvgIpc) is 2.81.